The summed E-state index contributed by atoms with van der Waals surface area (Å²) in [5.41, 5.74) is 2.61. The molecule has 0 spiro atoms. The largest absolute Gasteiger partial charge is 0.178 e. The van der Waals surface area contributed by atoms with Crippen LogP contribution in [0.2, 0.25) is 0 Å². The predicted octanol–water partition coefficient (Wildman–Crippen LogP) is 0.647. The van der Waals surface area contributed by atoms with Crippen LogP contribution in [0.15, 0.2) is 0 Å². The lowest BCUT2D eigenvalue weighted by Gasteiger charge is -1.61. The van der Waals surface area contributed by atoms with Gasteiger partial charge in [0.05, 0.1) is 0 Å². The van der Waals surface area contributed by atoms with Crippen molar-refractivity contribution in [2.45, 2.75) is 6.92 Å². The maximum Gasteiger partial charge on any atom is 0.178 e. The SMILES string of the molecule is Cc1nn[c]s1. The molecule has 0 atom stereocenters. The van der Waals surface area contributed by atoms with Gasteiger partial charge in [0.1, 0.15) is 5.01 Å². The molecule has 1 rings (SSSR count). The van der Waals surface area contributed by atoms with Gasteiger partial charge in [-0.25, -0.2) is 0 Å². The third-order valence-corrected chi connectivity index (χ3v) is 0.975. The molecule has 0 unspecified atom stereocenters. The van der Waals surface area contributed by atoms with Crippen molar-refractivity contribution >= 4 is 11.3 Å². The Morgan fingerprint density at radius 3 is 2.83 bits per heavy atom. The number of hydrogen-bond acceptors (Lipinski definition) is 3. The summed E-state index contributed by atoms with van der Waals surface area (Å²) in [7, 11) is 0. The van der Waals surface area contributed by atoms with Gasteiger partial charge in [0, 0.05) is 0 Å². The zero-order valence-electron chi connectivity index (χ0n) is 3.30. The standard InChI is InChI=1S/C3H3N2S/c1-3-5-4-2-6-3/h1H3. The van der Waals surface area contributed by atoms with E-state index in [0.717, 1.165) is 5.01 Å². The highest BCUT2D eigenvalue weighted by molar-refractivity contribution is 7.08. The van der Waals surface area contributed by atoms with Crippen LogP contribution in [0.25, 0.3) is 0 Å². The van der Waals surface area contributed by atoms with Crippen molar-refractivity contribution in [2.24, 2.45) is 0 Å². The Labute approximate surface area is 39.8 Å². The van der Waals surface area contributed by atoms with Crippen LogP contribution in [0.1, 0.15) is 5.01 Å². The van der Waals surface area contributed by atoms with E-state index in [4.69, 9.17) is 0 Å². The zero-order chi connectivity index (χ0) is 4.41. The summed E-state index contributed by atoms with van der Waals surface area (Å²) in [4.78, 5) is 0. The minimum Gasteiger partial charge on any atom is -0.143 e. The summed E-state index contributed by atoms with van der Waals surface area (Å²) in [6, 6.07) is 0. The molecule has 0 fully saturated rings. The van der Waals surface area contributed by atoms with Crippen LogP contribution in [-0.2, 0) is 0 Å². The maximum atomic E-state index is 3.63. The van der Waals surface area contributed by atoms with Crippen LogP contribution < -0.4 is 0 Å². The highest BCUT2D eigenvalue weighted by atomic mass is 32.1. The molecule has 0 N–H and O–H groups in total. The van der Waals surface area contributed by atoms with E-state index in [1.54, 1.807) is 0 Å². The van der Waals surface area contributed by atoms with E-state index in [0.29, 0.717) is 0 Å². The van der Waals surface area contributed by atoms with Gasteiger partial charge < -0.3 is 0 Å². The van der Waals surface area contributed by atoms with Crippen molar-refractivity contribution in [1.82, 2.24) is 10.2 Å². The highest BCUT2D eigenvalue weighted by Crippen LogP contribution is 1.93. The monoisotopic (exact) mass is 99.0 g/mol. The van der Waals surface area contributed by atoms with Gasteiger partial charge in [-0.05, 0) is 6.92 Å². The average molecular weight is 99.1 g/mol. The van der Waals surface area contributed by atoms with Gasteiger partial charge in [-0.15, -0.1) is 10.2 Å². The van der Waals surface area contributed by atoms with E-state index in [1.165, 1.54) is 11.3 Å². The van der Waals surface area contributed by atoms with Gasteiger partial charge in [0.2, 0.25) is 0 Å². The molecule has 0 saturated carbocycles. The maximum absolute atomic E-state index is 3.63. The summed E-state index contributed by atoms with van der Waals surface area (Å²) < 4.78 is 0. The fourth-order valence-electron chi connectivity index (χ4n) is 0.198. The molecule has 0 amide bonds. The number of nitrogens with zero attached hydrogens (tertiary/aromatic N) is 2. The molecule has 0 aliphatic heterocycles. The molecule has 0 aliphatic carbocycles. The highest BCUT2D eigenvalue weighted by Gasteiger charge is 1.79. The smallest absolute Gasteiger partial charge is 0.143 e. The number of rotatable bonds is 0. The Balaban J connectivity index is 3.05. The van der Waals surface area contributed by atoms with E-state index in [-0.39, 0.29) is 0 Å². The molecule has 0 saturated heterocycles. The van der Waals surface area contributed by atoms with Gasteiger partial charge >= 0.3 is 0 Å². The fourth-order valence-corrected chi connectivity index (χ4v) is 0.493. The van der Waals surface area contributed by atoms with Crippen molar-refractivity contribution in [3.63, 3.8) is 0 Å². The molecule has 1 aromatic rings. The van der Waals surface area contributed by atoms with E-state index in [1.807, 2.05) is 6.92 Å². The summed E-state index contributed by atoms with van der Waals surface area (Å²) >= 11 is 1.43. The summed E-state index contributed by atoms with van der Waals surface area (Å²) in [6.45, 7) is 1.90. The van der Waals surface area contributed by atoms with Crippen molar-refractivity contribution in [3.05, 3.63) is 10.5 Å². The summed E-state index contributed by atoms with van der Waals surface area (Å²) in [6.07, 6.45) is 0. The van der Waals surface area contributed by atoms with E-state index >= 15 is 0 Å². The van der Waals surface area contributed by atoms with Crippen LogP contribution in [0, 0.1) is 12.4 Å². The molecule has 6 heavy (non-hydrogen) atoms. The zero-order valence-corrected chi connectivity index (χ0v) is 4.12. The van der Waals surface area contributed by atoms with Crippen LogP contribution in [0.3, 0.4) is 0 Å². The molecule has 1 radical (unpaired) electrons. The van der Waals surface area contributed by atoms with Gasteiger partial charge in [0.25, 0.3) is 0 Å². The minimum atomic E-state index is 0.968. The van der Waals surface area contributed by atoms with Crippen LogP contribution in [-0.4, -0.2) is 10.2 Å². The second-order valence-electron chi connectivity index (χ2n) is 0.912. The Hall–Kier alpha value is -0.440. The average Bonchev–Trinajstić information content (AvgIpc) is 1.86. The van der Waals surface area contributed by atoms with E-state index in [2.05, 4.69) is 15.7 Å². The first kappa shape index (κ1) is 3.74. The molecular weight excluding hydrogens is 96.1 g/mol. The molecular formula is C3H3N2S. The van der Waals surface area contributed by atoms with Crippen molar-refractivity contribution in [1.29, 1.82) is 0 Å². The van der Waals surface area contributed by atoms with Gasteiger partial charge in [0.15, 0.2) is 5.51 Å². The normalized spacial score (nSPS) is 8.83. The quantitative estimate of drug-likeness (QED) is 0.477. The second-order valence-corrected chi connectivity index (χ2v) is 1.89. The lowest BCUT2D eigenvalue weighted by Crippen LogP contribution is -1.64. The Morgan fingerprint density at radius 1 is 1.83 bits per heavy atom. The first-order valence-corrected chi connectivity index (χ1v) is 2.37. The van der Waals surface area contributed by atoms with Crippen LogP contribution in [0.5, 0.6) is 0 Å². The summed E-state index contributed by atoms with van der Waals surface area (Å²) in [5, 5.41) is 8.06. The van der Waals surface area contributed by atoms with E-state index in [9.17, 15) is 0 Å². The van der Waals surface area contributed by atoms with E-state index < -0.39 is 0 Å². The van der Waals surface area contributed by atoms with Crippen molar-refractivity contribution < 1.29 is 0 Å². The topological polar surface area (TPSA) is 25.8 Å². The molecule has 2 nitrogen and oxygen atoms in total. The molecule has 3 heteroatoms. The number of aromatic nitrogens is 2. The third-order valence-electron chi connectivity index (χ3n) is 0.425. The first-order valence-electron chi connectivity index (χ1n) is 1.56. The fraction of sp³-hybridized carbons (Fsp3) is 0.333. The predicted molar refractivity (Wildman–Crippen MR) is 23.5 cm³/mol. The third kappa shape index (κ3) is 0.542. The van der Waals surface area contributed by atoms with Crippen molar-refractivity contribution in [2.75, 3.05) is 0 Å². The molecule has 1 aromatic heterocycles. The lowest BCUT2D eigenvalue weighted by atomic mass is 10.9. The molecule has 0 aliphatic rings. The first-order chi connectivity index (χ1) is 2.89. The second kappa shape index (κ2) is 1.34. The van der Waals surface area contributed by atoms with Gasteiger partial charge in [-0.3, -0.25) is 0 Å². The summed E-state index contributed by atoms with van der Waals surface area (Å²) in [5.74, 6) is 0. The van der Waals surface area contributed by atoms with Crippen LogP contribution in [0.4, 0.5) is 0 Å². The lowest BCUT2D eigenvalue weighted by molar-refractivity contribution is 1.04. The minimum absolute atomic E-state index is 0.968. The molecule has 31 valence electrons. The molecule has 0 bridgehead atoms. The number of aryl methyl sites for hydroxylation is 1. The molecule has 0 aromatic carbocycles. The van der Waals surface area contributed by atoms with Gasteiger partial charge in [-0.1, -0.05) is 11.3 Å². The van der Waals surface area contributed by atoms with Crippen LogP contribution >= 0.6 is 11.3 Å². The van der Waals surface area contributed by atoms with Crippen molar-refractivity contribution in [3.8, 4) is 0 Å². The molecule has 1 heterocycles. The Kier molecular flexibility index (Phi) is 0.837. The Bertz CT molecular complexity index is 112. The Morgan fingerprint density at radius 2 is 2.67 bits per heavy atom. The van der Waals surface area contributed by atoms with Gasteiger partial charge in [-0.2, -0.15) is 0 Å². The number of hydrogen-bond donors (Lipinski definition) is 0.